The fourth-order valence-electron chi connectivity index (χ4n) is 10.4. The van der Waals surface area contributed by atoms with Crippen molar-refractivity contribution in [1.29, 1.82) is 0 Å². The second-order valence-electron chi connectivity index (χ2n) is 14.8. The average Bonchev–Trinajstić information content (AvgIpc) is 3.62. The topological polar surface area (TPSA) is 169 Å². The number of hydrogen-bond donors (Lipinski definition) is 3. The summed E-state index contributed by atoms with van der Waals surface area (Å²) < 4.78 is 23.3. The molecule has 1 saturated heterocycles. The normalized spacial score (nSPS) is 48.7. The van der Waals surface area contributed by atoms with E-state index in [4.69, 9.17) is 18.9 Å². The third kappa shape index (κ3) is 3.42. The Morgan fingerprint density at radius 1 is 1.07 bits per heavy atom. The SMILES string of the molecule is CC(=O)OC[C@]12CC[C@@]3(C)[C@@H](C[C@H]4O[C@]45[C@@H](OC(C)=O)C=CC(=O)[C@@]53C)[C@]1(O)CC[C@@]2(O)[C@@](C)(O)[C@H]1CC(C)=C(C)C(=O)O1. The van der Waals surface area contributed by atoms with Gasteiger partial charge in [0.2, 0.25) is 0 Å². The van der Waals surface area contributed by atoms with E-state index in [1.165, 1.54) is 26.8 Å². The number of carbonyl (C=O) groups is 4. The van der Waals surface area contributed by atoms with E-state index in [0.717, 1.165) is 5.57 Å². The third-order valence-corrected chi connectivity index (χ3v) is 13.3. The van der Waals surface area contributed by atoms with Gasteiger partial charge in [0.15, 0.2) is 11.9 Å². The maximum Gasteiger partial charge on any atom is 0.334 e. The van der Waals surface area contributed by atoms with Gasteiger partial charge in [-0.2, -0.15) is 0 Å². The number of hydrogen-bond acceptors (Lipinski definition) is 11. The summed E-state index contributed by atoms with van der Waals surface area (Å²) in [6.07, 6.45) is 1.39. The van der Waals surface area contributed by atoms with Crippen LogP contribution in [-0.4, -0.2) is 86.3 Å². The molecule has 242 valence electrons. The van der Waals surface area contributed by atoms with Gasteiger partial charge in [-0.25, -0.2) is 4.79 Å². The van der Waals surface area contributed by atoms with Gasteiger partial charge in [-0.05, 0) is 83.3 Å². The van der Waals surface area contributed by atoms with Crippen LogP contribution in [0, 0.1) is 22.2 Å². The fourth-order valence-corrected chi connectivity index (χ4v) is 10.4. The number of fused-ring (bicyclic) bond motifs is 4. The van der Waals surface area contributed by atoms with Gasteiger partial charge >= 0.3 is 17.9 Å². The van der Waals surface area contributed by atoms with Crippen LogP contribution in [0.5, 0.6) is 0 Å². The summed E-state index contributed by atoms with van der Waals surface area (Å²) in [7, 11) is 0. The van der Waals surface area contributed by atoms with Crippen LogP contribution in [-0.2, 0) is 38.1 Å². The van der Waals surface area contributed by atoms with Crippen LogP contribution in [0.25, 0.3) is 0 Å². The minimum absolute atomic E-state index is 0.0306. The Morgan fingerprint density at radius 3 is 2.36 bits per heavy atom. The van der Waals surface area contributed by atoms with Crippen molar-refractivity contribution in [3.05, 3.63) is 23.3 Å². The van der Waals surface area contributed by atoms with Gasteiger partial charge in [-0.3, -0.25) is 14.4 Å². The van der Waals surface area contributed by atoms with E-state index < -0.39 is 80.8 Å². The molecular weight excluding hydrogens is 572 g/mol. The van der Waals surface area contributed by atoms with Gasteiger partial charge in [0, 0.05) is 25.8 Å². The molecule has 11 atom stereocenters. The summed E-state index contributed by atoms with van der Waals surface area (Å²) in [5.74, 6) is -2.53. The first-order valence-electron chi connectivity index (χ1n) is 15.5. The van der Waals surface area contributed by atoms with E-state index in [1.54, 1.807) is 19.9 Å². The second-order valence-corrected chi connectivity index (χ2v) is 14.8. The van der Waals surface area contributed by atoms with Crippen molar-refractivity contribution >= 4 is 23.7 Å². The highest BCUT2D eigenvalue weighted by atomic mass is 16.7. The van der Waals surface area contributed by atoms with Crippen molar-refractivity contribution in [3.8, 4) is 0 Å². The lowest BCUT2D eigenvalue weighted by Crippen LogP contribution is -2.77. The lowest BCUT2D eigenvalue weighted by molar-refractivity contribution is -0.309. The van der Waals surface area contributed by atoms with Crippen LogP contribution >= 0.6 is 0 Å². The molecule has 2 heterocycles. The molecule has 0 amide bonds. The molecule has 11 nitrogen and oxygen atoms in total. The number of ether oxygens (including phenoxy) is 4. The fraction of sp³-hybridized carbons (Fsp3) is 0.758. The first-order chi connectivity index (χ1) is 20.3. The number of ketones is 1. The zero-order valence-corrected chi connectivity index (χ0v) is 26.5. The Balaban J connectivity index is 1.47. The molecule has 3 N–H and O–H groups in total. The molecule has 4 aliphatic carbocycles. The monoisotopic (exact) mass is 616 g/mol. The number of carbonyl (C=O) groups excluding carboxylic acids is 4. The molecule has 11 heteroatoms. The van der Waals surface area contributed by atoms with Crippen molar-refractivity contribution in [2.45, 2.75) is 128 Å². The zero-order chi connectivity index (χ0) is 32.5. The van der Waals surface area contributed by atoms with Gasteiger partial charge in [-0.15, -0.1) is 0 Å². The third-order valence-electron chi connectivity index (χ3n) is 13.3. The Kier molecular flexibility index (Phi) is 6.59. The van der Waals surface area contributed by atoms with Crippen LogP contribution in [0.2, 0.25) is 0 Å². The molecular formula is C33H44O11. The molecule has 44 heavy (non-hydrogen) atoms. The van der Waals surface area contributed by atoms with E-state index >= 15 is 0 Å². The Hall–Kier alpha value is -2.60. The van der Waals surface area contributed by atoms with E-state index in [-0.39, 0.29) is 38.1 Å². The number of rotatable bonds is 5. The van der Waals surface area contributed by atoms with Crippen molar-refractivity contribution < 1.29 is 53.4 Å². The number of cyclic esters (lactones) is 1. The first kappa shape index (κ1) is 31.4. The summed E-state index contributed by atoms with van der Waals surface area (Å²) in [6.45, 7) is 10.8. The molecule has 0 unspecified atom stereocenters. The lowest BCUT2D eigenvalue weighted by atomic mass is 9.36. The van der Waals surface area contributed by atoms with E-state index in [9.17, 15) is 34.5 Å². The summed E-state index contributed by atoms with van der Waals surface area (Å²) in [4.78, 5) is 50.9. The Labute approximate surface area is 256 Å². The molecule has 6 aliphatic rings. The highest BCUT2D eigenvalue weighted by molar-refractivity contribution is 5.99. The maximum atomic E-state index is 13.9. The number of allylic oxidation sites excluding steroid dienone is 1. The highest BCUT2D eigenvalue weighted by Gasteiger charge is 2.88. The number of esters is 3. The summed E-state index contributed by atoms with van der Waals surface area (Å²) >= 11 is 0. The van der Waals surface area contributed by atoms with Crippen molar-refractivity contribution in [3.63, 3.8) is 0 Å². The molecule has 1 spiro atoms. The van der Waals surface area contributed by atoms with Crippen LogP contribution in [0.1, 0.15) is 87.0 Å². The Morgan fingerprint density at radius 2 is 1.75 bits per heavy atom. The predicted octanol–water partition coefficient (Wildman–Crippen LogP) is 2.23. The van der Waals surface area contributed by atoms with Gasteiger partial charge in [0.05, 0.1) is 22.5 Å². The molecule has 2 aliphatic heterocycles. The minimum atomic E-state index is -2.06. The van der Waals surface area contributed by atoms with E-state index in [2.05, 4.69) is 0 Å². The van der Waals surface area contributed by atoms with E-state index in [1.807, 2.05) is 13.8 Å². The Bertz CT molecular complexity index is 1410. The molecule has 0 aromatic heterocycles. The second kappa shape index (κ2) is 9.24. The van der Waals surface area contributed by atoms with Crippen LogP contribution < -0.4 is 0 Å². The molecule has 6 rings (SSSR count). The minimum Gasteiger partial charge on any atom is -0.465 e. The average molecular weight is 617 g/mol. The largest absolute Gasteiger partial charge is 0.465 e. The molecule has 4 fully saturated rings. The smallest absolute Gasteiger partial charge is 0.334 e. The molecule has 0 radical (unpaired) electrons. The molecule has 0 aromatic rings. The van der Waals surface area contributed by atoms with E-state index in [0.29, 0.717) is 18.4 Å². The lowest BCUT2D eigenvalue weighted by Gasteiger charge is -2.68. The maximum absolute atomic E-state index is 13.9. The molecule has 0 aromatic carbocycles. The zero-order valence-electron chi connectivity index (χ0n) is 26.5. The summed E-state index contributed by atoms with van der Waals surface area (Å²) in [5, 5.41) is 38.1. The number of aliphatic hydroxyl groups is 3. The van der Waals surface area contributed by atoms with Crippen molar-refractivity contribution in [1.82, 2.24) is 0 Å². The van der Waals surface area contributed by atoms with Gasteiger partial charge in [0.1, 0.15) is 29.5 Å². The summed E-state index contributed by atoms with van der Waals surface area (Å²) in [6, 6.07) is 0. The predicted molar refractivity (Wildman–Crippen MR) is 153 cm³/mol. The quantitative estimate of drug-likeness (QED) is 0.235. The van der Waals surface area contributed by atoms with Gasteiger partial charge in [-0.1, -0.05) is 12.5 Å². The van der Waals surface area contributed by atoms with Gasteiger partial charge in [0.25, 0.3) is 0 Å². The first-order valence-corrected chi connectivity index (χ1v) is 15.5. The van der Waals surface area contributed by atoms with Crippen molar-refractivity contribution in [2.24, 2.45) is 22.2 Å². The van der Waals surface area contributed by atoms with Crippen LogP contribution in [0.4, 0.5) is 0 Å². The number of epoxide rings is 1. The van der Waals surface area contributed by atoms with Crippen LogP contribution in [0.3, 0.4) is 0 Å². The summed E-state index contributed by atoms with van der Waals surface area (Å²) in [5.41, 5.74) is -9.45. The van der Waals surface area contributed by atoms with Crippen LogP contribution in [0.15, 0.2) is 23.3 Å². The highest BCUT2D eigenvalue weighted by Crippen LogP contribution is 2.79. The standard InChI is InChI=1S/C33H44O11/c1-17-14-24(43-26(37)18(17)2)29(7,38)32(40)13-12-31(39)21-15-25-33(44-25)23(42-20(4)35)9-8-22(36)28(33,6)27(21,5)10-11-30(31,32)16-41-19(3)34/h8-9,21,23-25,38-40H,10-16H2,1-7H3/t21-,23+,24-,25-,27+,28-,29+,30-,31-,32-,33-/m1/s1. The molecule has 0 bridgehead atoms. The van der Waals surface area contributed by atoms with Gasteiger partial charge < -0.3 is 34.3 Å². The molecule has 3 saturated carbocycles. The van der Waals surface area contributed by atoms with Crippen molar-refractivity contribution in [2.75, 3.05) is 6.61 Å².